The Morgan fingerprint density at radius 3 is 2.57 bits per heavy atom. The van der Waals surface area contributed by atoms with Crippen molar-refractivity contribution in [1.82, 2.24) is 10.4 Å². The van der Waals surface area contributed by atoms with E-state index in [-0.39, 0.29) is 16.1 Å². The van der Waals surface area contributed by atoms with Gasteiger partial charge in [0.15, 0.2) is 4.32 Å². The minimum absolute atomic E-state index is 0.279. The van der Waals surface area contributed by atoms with Gasteiger partial charge in [-0.15, -0.1) is 0 Å². The van der Waals surface area contributed by atoms with Crippen LogP contribution < -0.4 is 10.2 Å². The number of nitrogens with one attached hydrogen (secondary N) is 1. The summed E-state index contributed by atoms with van der Waals surface area (Å²) in [7, 11) is 0. The number of hydrogen-bond donors (Lipinski definition) is 1. The third-order valence-corrected chi connectivity index (χ3v) is 5.12. The fourth-order valence-electron chi connectivity index (χ4n) is 2.45. The molecule has 0 spiro atoms. The summed E-state index contributed by atoms with van der Waals surface area (Å²) in [6.45, 7) is 4.73. The van der Waals surface area contributed by atoms with Crippen molar-refractivity contribution in [2.24, 2.45) is 5.92 Å². The van der Waals surface area contributed by atoms with Gasteiger partial charge in [0.2, 0.25) is 0 Å². The normalized spacial score (nSPS) is 15.4. The Bertz CT molecular complexity index is 926. The number of benzene rings is 2. The summed E-state index contributed by atoms with van der Waals surface area (Å²) in [5.41, 5.74) is 3.82. The zero-order valence-electron chi connectivity index (χ0n) is 15.5. The second-order valence-corrected chi connectivity index (χ2v) is 8.24. The van der Waals surface area contributed by atoms with Gasteiger partial charge in [-0.05, 0) is 42.4 Å². The van der Waals surface area contributed by atoms with E-state index < -0.39 is 0 Å². The number of thiocarbonyl (C=S) groups is 1. The van der Waals surface area contributed by atoms with Gasteiger partial charge in [0.05, 0.1) is 11.5 Å². The van der Waals surface area contributed by atoms with Crippen LogP contribution in [0.4, 0.5) is 0 Å². The molecule has 0 atom stereocenters. The molecule has 0 radical (unpaired) electrons. The average molecular weight is 413 g/mol. The van der Waals surface area contributed by atoms with Crippen molar-refractivity contribution in [2.75, 3.05) is 6.61 Å². The smallest absolute Gasteiger partial charge is 0.285 e. The van der Waals surface area contributed by atoms with E-state index in [1.807, 2.05) is 30.3 Å². The van der Waals surface area contributed by atoms with Crippen LogP contribution in [0.3, 0.4) is 0 Å². The SMILES string of the molecule is CC(C)COc1ccccc1/C=C1/SC(=S)N(NC(=O)c2ccccc2)C1=O. The lowest BCUT2D eigenvalue weighted by molar-refractivity contribution is -0.123. The van der Waals surface area contributed by atoms with E-state index in [0.29, 0.717) is 28.7 Å². The number of hydrogen-bond acceptors (Lipinski definition) is 5. The van der Waals surface area contributed by atoms with Crippen molar-refractivity contribution in [3.05, 3.63) is 70.6 Å². The molecule has 2 aromatic carbocycles. The van der Waals surface area contributed by atoms with Gasteiger partial charge < -0.3 is 4.74 Å². The maximum absolute atomic E-state index is 12.8. The third kappa shape index (κ3) is 4.79. The maximum atomic E-state index is 12.8. The van der Waals surface area contributed by atoms with Gasteiger partial charge in [-0.3, -0.25) is 15.0 Å². The monoisotopic (exact) mass is 412 g/mol. The van der Waals surface area contributed by atoms with E-state index in [1.165, 1.54) is 0 Å². The zero-order chi connectivity index (χ0) is 20.1. The first kappa shape index (κ1) is 20.1. The molecule has 1 aliphatic rings. The molecule has 28 heavy (non-hydrogen) atoms. The van der Waals surface area contributed by atoms with Gasteiger partial charge in [-0.25, -0.2) is 0 Å². The lowest BCUT2D eigenvalue weighted by atomic mass is 10.1. The number of amides is 2. The summed E-state index contributed by atoms with van der Waals surface area (Å²) in [6.07, 6.45) is 1.74. The lowest BCUT2D eigenvalue weighted by Gasteiger charge is -2.15. The summed E-state index contributed by atoms with van der Waals surface area (Å²) in [5.74, 6) is 0.339. The van der Waals surface area contributed by atoms with Crippen molar-refractivity contribution in [2.45, 2.75) is 13.8 Å². The molecule has 0 aliphatic carbocycles. The van der Waals surface area contributed by atoms with Crippen molar-refractivity contribution < 1.29 is 14.3 Å². The quantitative estimate of drug-likeness (QED) is 0.567. The number of ether oxygens (including phenoxy) is 1. The Morgan fingerprint density at radius 1 is 1.18 bits per heavy atom. The Kier molecular flexibility index (Phi) is 6.49. The van der Waals surface area contributed by atoms with E-state index in [1.54, 1.807) is 30.3 Å². The van der Waals surface area contributed by atoms with Crippen molar-refractivity contribution in [3.8, 4) is 5.75 Å². The van der Waals surface area contributed by atoms with Crippen LogP contribution >= 0.6 is 24.0 Å². The van der Waals surface area contributed by atoms with Gasteiger partial charge in [0.25, 0.3) is 11.8 Å². The van der Waals surface area contributed by atoms with E-state index >= 15 is 0 Å². The largest absolute Gasteiger partial charge is 0.493 e. The molecular formula is C21H20N2O3S2. The topological polar surface area (TPSA) is 58.6 Å². The van der Waals surface area contributed by atoms with Gasteiger partial charge in [-0.2, -0.15) is 5.01 Å². The molecule has 3 rings (SSSR count). The third-order valence-electron chi connectivity index (χ3n) is 3.82. The molecule has 1 heterocycles. The maximum Gasteiger partial charge on any atom is 0.285 e. The highest BCUT2D eigenvalue weighted by molar-refractivity contribution is 8.26. The number of thioether (sulfide) groups is 1. The van der Waals surface area contributed by atoms with Crippen molar-refractivity contribution >= 4 is 46.2 Å². The average Bonchev–Trinajstić information content (AvgIpc) is 2.95. The van der Waals surface area contributed by atoms with Gasteiger partial charge >= 0.3 is 0 Å². The summed E-state index contributed by atoms with van der Waals surface area (Å²) in [6, 6.07) is 16.2. The summed E-state index contributed by atoms with van der Waals surface area (Å²) in [4.78, 5) is 25.5. The Labute approximate surface area is 173 Å². The van der Waals surface area contributed by atoms with Crippen LogP contribution in [0.2, 0.25) is 0 Å². The number of rotatable bonds is 6. The fraction of sp³-hybridized carbons (Fsp3) is 0.190. The number of hydrazine groups is 1. The standard InChI is InChI=1S/C21H20N2O3S2/c1-14(2)13-26-17-11-7-6-10-16(17)12-18-20(25)23(21(27)28-18)22-19(24)15-8-4-3-5-9-15/h3-12,14H,13H2,1-2H3,(H,22,24)/b18-12+. The van der Waals surface area contributed by atoms with Crippen molar-refractivity contribution in [1.29, 1.82) is 0 Å². The predicted molar refractivity (Wildman–Crippen MR) is 116 cm³/mol. The van der Waals surface area contributed by atoms with E-state index in [0.717, 1.165) is 22.3 Å². The Hall–Kier alpha value is -2.64. The second kappa shape index (κ2) is 9.03. The lowest BCUT2D eigenvalue weighted by Crippen LogP contribution is -2.44. The molecular weight excluding hydrogens is 392 g/mol. The van der Waals surface area contributed by atoms with Crippen LogP contribution in [-0.2, 0) is 4.79 Å². The summed E-state index contributed by atoms with van der Waals surface area (Å²) in [5, 5.41) is 1.11. The first-order valence-electron chi connectivity index (χ1n) is 8.81. The van der Waals surface area contributed by atoms with Gasteiger partial charge in [0.1, 0.15) is 5.75 Å². The van der Waals surface area contributed by atoms with E-state index in [4.69, 9.17) is 17.0 Å². The van der Waals surface area contributed by atoms with Crippen LogP contribution in [-0.4, -0.2) is 27.8 Å². The molecule has 2 aromatic rings. The molecule has 144 valence electrons. The number of nitrogens with zero attached hydrogens (tertiary/aromatic N) is 1. The van der Waals surface area contributed by atoms with E-state index in [9.17, 15) is 9.59 Å². The molecule has 7 heteroatoms. The number of carbonyl (C=O) groups excluding carboxylic acids is 2. The molecule has 0 aromatic heterocycles. The highest BCUT2D eigenvalue weighted by Crippen LogP contribution is 2.33. The Balaban J connectivity index is 1.77. The molecule has 1 N–H and O–H groups in total. The van der Waals surface area contributed by atoms with Crippen LogP contribution in [0.15, 0.2) is 59.5 Å². The number of para-hydroxylation sites is 1. The Morgan fingerprint density at radius 2 is 1.86 bits per heavy atom. The van der Waals surface area contributed by atoms with Crippen LogP contribution in [0.5, 0.6) is 5.75 Å². The molecule has 5 nitrogen and oxygen atoms in total. The van der Waals surface area contributed by atoms with Crippen LogP contribution in [0, 0.1) is 5.92 Å². The van der Waals surface area contributed by atoms with Gasteiger partial charge in [-0.1, -0.05) is 62.0 Å². The minimum Gasteiger partial charge on any atom is -0.493 e. The predicted octanol–water partition coefficient (Wildman–Crippen LogP) is 4.27. The molecule has 0 saturated carbocycles. The molecule has 1 saturated heterocycles. The first-order chi connectivity index (χ1) is 13.5. The van der Waals surface area contributed by atoms with Gasteiger partial charge in [0, 0.05) is 11.1 Å². The van der Waals surface area contributed by atoms with Crippen LogP contribution in [0.25, 0.3) is 6.08 Å². The highest BCUT2D eigenvalue weighted by atomic mass is 32.2. The molecule has 0 unspecified atom stereocenters. The zero-order valence-corrected chi connectivity index (χ0v) is 17.2. The minimum atomic E-state index is -0.390. The molecule has 1 fully saturated rings. The second-order valence-electron chi connectivity index (χ2n) is 6.57. The summed E-state index contributed by atoms with van der Waals surface area (Å²) >= 11 is 6.42. The summed E-state index contributed by atoms with van der Waals surface area (Å²) < 4.78 is 6.12. The number of carbonyl (C=O) groups is 2. The highest BCUT2D eigenvalue weighted by Gasteiger charge is 2.34. The van der Waals surface area contributed by atoms with Crippen molar-refractivity contribution in [3.63, 3.8) is 0 Å². The first-order valence-corrected chi connectivity index (χ1v) is 10.0. The molecule has 2 amide bonds. The molecule has 1 aliphatic heterocycles. The van der Waals surface area contributed by atoms with Crippen LogP contribution in [0.1, 0.15) is 29.8 Å². The molecule has 0 bridgehead atoms. The fourth-order valence-corrected chi connectivity index (χ4v) is 3.62. The van der Waals surface area contributed by atoms with E-state index in [2.05, 4.69) is 19.3 Å².